The average Bonchev–Trinajstić information content (AvgIpc) is 2.53. The van der Waals surface area contributed by atoms with E-state index in [0.717, 1.165) is 17.4 Å². The number of carbonyl (C=O) groups excluding carboxylic acids is 1. The van der Waals surface area contributed by atoms with Crippen molar-refractivity contribution >= 4 is 18.0 Å². The molecular formula is C15H16N2O3S. The number of ether oxygens (including phenoxy) is 2. The number of nitrogens with zero attached hydrogens (tertiary/aromatic N) is 2. The topological polar surface area (TPSA) is 61.3 Å². The van der Waals surface area contributed by atoms with E-state index < -0.39 is 0 Å². The van der Waals surface area contributed by atoms with Gasteiger partial charge in [-0.15, -0.1) is 0 Å². The number of benzene rings is 1. The van der Waals surface area contributed by atoms with Gasteiger partial charge in [0.05, 0.1) is 25.5 Å². The maximum absolute atomic E-state index is 11.4. The Balaban J connectivity index is 2.30. The van der Waals surface area contributed by atoms with Crippen LogP contribution in [0.4, 0.5) is 0 Å². The molecule has 0 amide bonds. The lowest BCUT2D eigenvalue weighted by Gasteiger charge is -2.13. The van der Waals surface area contributed by atoms with E-state index in [4.69, 9.17) is 9.47 Å². The van der Waals surface area contributed by atoms with Gasteiger partial charge >= 0.3 is 0 Å². The van der Waals surface area contributed by atoms with Crippen molar-refractivity contribution in [3.8, 4) is 11.8 Å². The van der Waals surface area contributed by atoms with Crippen LogP contribution in [-0.4, -0.2) is 30.5 Å². The van der Waals surface area contributed by atoms with Crippen LogP contribution in [0, 0.1) is 6.92 Å². The number of hydrogen-bond donors (Lipinski definition) is 0. The van der Waals surface area contributed by atoms with Crippen molar-refractivity contribution in [2.24, 2.45) is 0 Å². The summed E-state index contributed by atoms with van der Waals surface area (Å²) in [6.07, 6.45) is 0.891. The fraction of sp³-hybridized carbons (Fsp3) is 0.267. The van der Waals surface area contributed by atoms with Gasteiger partial charge in [0.25, 0.3) is 0 Å². The van der Waals surface area contributed by atoms with Crippen LogP contribution in [0.1, 0.15) is 16.4 Å². The molecule has 0 aliphatic heterocycles. The number of aromatic nitrogens is 2. The van der Waals surface area contributed by atoms with Gasteiger partial charge in [0.2, 0.25) is 11.8 Å². The summed E-state index contributed by atoms with van der Waals surface area (Å²) < 4.78 is 10.2. The second-order valence-corrected chi connectivity index (χ2v) is 5.38. The molecule has 6 heteroatoms. The fourth-order valence-corrected chi connectivity index (χ4v) is 2.79. The zero-order valence-corrected chi connectivity index (χ0v) is 12.9. The van der Waals surface area contributed by atoms with Crippen LogP contribution in [0.5, 0.6) is 11.8 Å². The van der Waals surface area contributed by atoms with Crippen LogP contribution >= 0.6 is 11.8 Å². The predicted molar refractivity (Wildman–Crippen MR) is 81.0 cm³/mol. The molecule has 2 aromatic rings. The summed E-state index contributed by atoms with van der Waals surface area (Å²) >= 11 is 1.26. The van der Waals surface area contributed by atoms with E-state index in [1.54, 1.807) is 6.07 Å². The van der Waals surface area contributed by atoms with E-state index in [9.17, 15) is 4.79 Å². The third-order valence-electron chi connectivity index (χ3n) is 2.93. The summed E-state index contributed by atoms with van der Waals surface area (Å²) in [6, 6.07) is 9.34. The highest BCUT2D eigenvalue weighted by molar-refractivity contribution is 8.00. The summed E-state index contributed by atoms with van der Waals surface area (Å²) in [4.78, 5) is 19.9. The number of methoxy groups -OCH3 is 2. The summed E-state index contributed by atoms with van der Waals surface area (Å²) in [5.41, 5.74) is 2.00. The molecule has 1 atom stereocenters. The van der Waals surface area contributed by atoms with Crippen LogP contribution in [0.3, 0.4) is 0 Å². The second-order valence-electron chi connectivity index (χ2n) is 4.27. The van der Waals surface area contributed by atoms with Gasteiger partial charge in [-0.25, -0.2) is 0 Å². The predicted octanol–water partition coefficient (Wildman–Crippen LogP) is 2.83. The van der Waals surface area contributed by atoms with Crippen molar-refractivity contribution in [2.45, 2.75) is 17.3 Å². The molecule has 2 rings (SSSR count). The Kier molecular flexibility index (Phi) is 5.16. The first-order valence-electron chi connectivity index (χ1n) is 6.32. The average molecular weight is 304 g/mol. The Morgan fingerprint density at radius 2 is 1.76 bits per heavy atom. The first-order chi connectivity index (χ1) is 10.2. The molecule has 0 radical (unpaired) electrons. The minimum Gasteiger partial charge on any atom is -0.481 e. The summed E-state index contributed by atoms with van der Waals surface area (Å²) in [6.45, 7) is 1.97. The molecule has 1 aromatic carbocycles. The minimum atomic E-state index is -0.372. The maximum atomic E-state index is 11.4. The molecule has 0 aliphatic carbocycles. The maximum Gasteiger partial charge on any atom is 0.220 e. The Morgan fingerprint density at radius 1 is 1.14 bits per heavy atom. The van der Waals surface area contributed by atoms with Crippen LogP contribution in [0.15, 0.2) is 35.5 Å². The highest BCUT2D eigenvalue weighted by Gasteiger charge is 2.17. The fourth-order valence-electron chi connectivity index (χ4n) is 1.83. The lowest BCUT2D eigenvalue weighted by molar-refractivity contribution is -0.107. The molecular weight excluding hydrogens is 288 g/mol. The molecule has 0 saturated carbocycles. The Hall–Kier alpha value is -2.08. The van der Waals surface area contributed by atoms with Crippen LogP contribution in [0.25, 0.3) is 0 Å². The van der Waals surface area contributed by atoms with E-state index in [-0.39, 0.29) is 5.25 Å². The molecule has 0 N–H and O–H groups in total. The summed E-state index contributed by atoms with van der Waals surface area (Å²) in [7, 11) is 3.05. The van der Waals surface area contributed by atoms with Gasteiger partial charge in [-0.05, 0) is 18.1 Å². The molecule has 1 aromatic heterocycles. The number of hydrogen-bond acceptors (Lipinski definition) is 6. The second kappa shape index (κ2) is 7.08. The number of carbonyl (C=O) groups is 1. The van der Waals surface area contributed by atoms with Gasteiger partial charge in [-0.3, -0.25) is 0 Å². The van der Waals surface area contributed by atoms with Gasteiger partial charge < -0.3 is 14.3 Å². The van der Waals surface area contributed by atoms with Crippen molar-refractivity contribution in [3.63, 3.8) is 0 Å². The van der Waals surface area contributed by atoms with E-state index in [2.05, 4.69) is 9.97 Å². The zero-order valence-electron chi connectivity index (χ0n) is 12.1. The largest absolute Gasteiger partial charge is 0.481 e. The molecule has 5 nitrogen and oxygen atoms in total. The lowest BCUT2D eigenvalue weighted by Crippen LogP contribution is -2.01. The summed E-state index contributed by atoms with van der Waals surface area (Å²) in [5, 5.41) is 0.0644. The molecule has 0 fully saturated rings. The molecule has 1 unspecified atom stereocenters. The molecule has 1 heterocycles. The van der Waals surface area contributed by atoms with E-state index >= 15 is 0 Å². The quantitative estimate of drug-likeness (QED) is 0.464. The van der Waals surface area contributed by atoms with Crippen LogP contribution in [-0.2, 0) is 4.79 Å². The van der Waals surface area contributed by atoms with Crippen molar-refractivity contribution < 1.29 is 14.3 Å². The van der Waals surface area contributed by atoms with E-state index in [0.29, 0.717) is 16.9 Å². The molecule has 0 spiro atoms. The van der Waals surface area contributed by atoms with Crippen molar-refractivity contribution in [2.75, 3.05) is 14.2 Å². The van der Waals surface area contributed by atoms with Crippen molar-refractivity contribution in [1.82, 2.24) is 9.97 Å². The molecule has 0 bridgehead atoms. The van der Waals surface area contributed by atoms with Gasteiger partial charge in [-0.2, -0.15) is 9.97 Å². The van der Waals surface area contributed by atoms with Gasteiger partial charge in [0.1, 0.15) is 6.29 Å². The molecule has 21 heavy (non-hydrogen) atoms. The monoisotopic (exact) mass is 304 g/mol. The Bertz CT molecular complexity index is 612. The number of aryl methyl sites for hydroxylation is 1. The first kappa shape index (κ1) is 15.3. The third kappa shape index (κ3) is 3.72. The van der Waals surface area contributed by atoms with Gasteiger partial charge in [0.15, 0.2) is 5.16 Å². The van der Waals surface area contributed by atoms with Crippen LogP contribution in [0.2, 0.25) is 0 Å². The Labute approximate surface area is 127 Å². The van der Waals surface area contributed by atoms with Crippen molar-refractivity contribution in [1.29, 1.82) is 0 Å². The highest BCUT2D eigenvalue weighted by Crippen LogP contribution is 2.34. The molecule has 110 valence electrons. The SMILES string of the molecule is COc1cc(OC)nc(SC(C=O)c2ccccc2C)n1. The van der Waals surface area contributed by atoms with Gasteiger partial charge in [-0.1, -0.05) is 36.0 Å². The number of thioether (sulfide) groups is 1. The highest BCUT2D eigenvalue weighted by atomic mass is 32.2. The minimum absolute atomic E-state index is 0.372. The Morgan fingerprint density at radius 3 is 2.29 bits per heavy atom. The smallest absolute Gasteiger partial charge is 0.220 e. The number of rotatable bonds is 6. The van der Waals surface area contributed by atoms with E-state index in [1.807, 2.05) is 31.2 Å². The standard InChI is InChI=1S/C15H16N2O3S/c1-10-6-4-5-7-11(10)12(9-18)21-15-16-13(19-2)8-14(17-15)20-3/h4-9,12H,1-3H3. The zero-order chi connectivity index (χ0) is 15.2. The van der Waals surface area contributed by atoms with Crippen molar-refractivity contribution in [3.05, 3.63) is 41.5 Å². The summed E-state index contributed by atoms with van der Waals surface area (Å²) in [5.74, 6) is 0.803. The van der Waals surface area contributed by atoms with Crippen LogP contribution < -0.4 is 9.47 Å². The van der Waals surface area contributed by atoms with Gasteiger partial charge in [0, 0.05) is 0 Å². The molecule has 0 saturated heterocycles. The first-order valence-corrected chi connectivity index (χ1v) is 7.20. The molecule has 0 aliphatic rings. The normalized spacial score (nSPS) is 11.8. The lowest BCUT2D eigenvalue weighted by atomic mass is 10.1. The van der Waals surface area contributed by atoms with E-state index in [1.165, 1.54) is 26.0 Å². The third-order valence-corrected chi connectivity index (χ3v) is 3.94. The number of aldehydes is 1.